The van der Waals surface area contributed by atoms with Crippen molar-refractivity contribution < 1.29 is 4.74 Å². The van der Waals surface area contributed by atoms with Crippen molar-refractivity contribution in [3.8, 4) is 5.75 Å². The fraction of sp³-hybridized carbons (Fsp3) is 0.273. The van der Waals surface area contributed by atoms with Crippen LogP contribution in [0.25, 0.3) is 11.0 Å². The predicted molar refractivity (Wildman–Crippen MR) is 74.8 cm³/mol. The lowest BCUT2D eigenvalue weighted by Gasteiger charge is -1.96. The van der Waals surface area contributed by atoms with Gasteiger partial charge in [0, 0.05) is 18.2 Å². The molecule has 0 saturated carbocycles. The molecule has 0 fully saturated rings. The topological polar surface area (TPSA) is 63.9 Å². The Labute approximate surface area is 109 Å². The van der Waals surface area contributed by atoms with Gasteiger partial charge in [-0.3, -0.25) is 0 Å². The molecule has 0 spiro atoms. The maximum atomic E-state index is 5.44. The van der Waals surface area contributed by atoms with E-state index in [0.717, 1.165) is 34.1 Å². The predicted octanol–water partition coefficient (Wildman–Crippen LogP) is 2.34. The van der Waals surface area contributed by atoms with Gasteiger partial charge in [-0.25, -0.2) is 4.98 Å². The molecule has 0 saturated heterocycles. The molecule has 1 aromatic carbocycles. The number of hydrogen-bond donors (Lipinski definition) is 2. The number of aromatic nitrogens is 2. The van der Waals surface area contributed by atoms with E-state index in [1.54, 1.807) is 18.9 Å². The highest BCUT2D eigenvalue weighted by Crippen LogP contribution is 2.23. The van der Waals surface area contributed by atoms with Crippen LogP contribution in [0.5, 0.6) is 5.75 Å². The second-order valence-corrected chi connectivity index (χ2v) is 5.10. The molecule has 2 aromatic rings. The number of rotatable bonds is 5. The summed E-state index contributed by atoms with van der Waals surface area (Å²) in [7, 11) is 1.65. The average Bonchev–Trinajstić information content (AvgIpc) is 2.69. The Balaban J connectivity index is 2.11. The largest absolute Gasteiger partial charge is 0.497 e. The summed E-state index contributed by atoms with van der Waals surface area (Å²) in [6.45, 7) is 0. The Morgan fingerprint density at radius 3 is 3.12 bits per heavy atom. The van der Waals surface area contributed by atoms with E-state index in [0.29, 0.717) is 4.99 Å². The number of aromatic amines is 1. The molecular formula is C11H13N3OS2. The van der Waals surface area contributed by atoms with E-state index < -0.39 is 0 Å². The maximum Gasteiger partial charge on any atom is 0.166 e. The van der Waals surface area contributed by atoms with Crippen molar-refractivity contribution in [3.05, 3.63) is 18.2 Å². The highest BCUT2D eigenvalue weighted by molar-refractivity contribution is 7.99. The number of benzene rings is 1. The summed E-state index contributed by atoms with van der Waals surface area (Å²) < 4.78 is 5.16. The van der Waals surface area contributed by atoms with Crippen molar-refractivity contribution in [2.75, 3.05) is 12.9 Å². The quantitative estimate of drug-likeness (QED) is 0.643. The van der Waals surface area contributed by atoms with E-state index in [1.807, 2.05) is 18.2 Å². The Morgan fingerprint density at radius 2 is 2.41 bits per heavy atom. The maximum absolute atomic E-state index is 5.44. The molecule has 0 unspecified atom stereocenters. The molecule has 0 amide bonds. The molecule has 2 rings (SSSR count). The zero-order valence-electron chi connectivity index (χ0n) is 9.40. The van der Waals surface area contributed by atoms with E-state index in [-0.39, 0.29) is 0 Å². The fourth-order valence-electron chi connectivity index (χ4n) is 1.41. The van der Waals surface area contributed by atoms with E-state index in [2.05, 4.69) is 9.97 Å². The van der Waals surface area contributed by atoms with Crippen molar-refractivity contribution in [1.29, 1.82) is 0 Å². The van der Waals surface area contributed by atoms with Crippen LogP contribution in [0.4, 0.5) is 0 Å². The monoisotopic (exact) mass is 267 g/mol. The minimum Gasteiger partial charge on any atom is -0.497 e. The van der Waals surface area contributed by atoms with Gasteiger partial charge in [0.25, 0.3) is 0 Å². The van der Waals surface area contributed by atoms with Gasteiger partial charge in [-0.2, -0.15) is 0 Å². The van der Waals surface area contributed by atoms with Crippen LogP contribution in [-0.2, 0) is 0 Å². The minimum absolute atomic E-state index is 0.537. The number of ether oxygens (including phenoxy) is 1. The molecule has 0 bridgehead atoms. The molecular weight excluding hydrogens is 254 g/mol. The molecule has 1 aromatic heterocycles. The number of thiocarbonyl (C=S) groups is 1. The lowest BCUT2D eigenvalue weighted by molar-refractivity contribution is 0.415. The average molecular weight is 267 g/mol. The lowest BCUT2D eigenvalue weighted by Crippen LogP contribution is -2.08. The third-order valence-electron chi connectivity index (χ3n) is 2.25. The molecule has 0 atom stereocenters. The van der Waals surface area contributed by atoms with Gasteiger partial charge >= 0.3 is 0 Å². The molecule has 0 radical (unpaired) electrons. The van der Waals surface area contributed by atoms with Gasteiger partial charge in [0.15, 0.2) is 5.16 Å². The van der Waals surface area contributed by atoms with Gasteiger partial charge < -0.3 is 15.5 Å². The van der Waals surface area contributed by atoms with Crippen molar-refractivity contribution in [2.24, 2.45) is 5.73 Å². The molecule has 3 N–H and O–H groups in total. The minimum atomic E-state index is 0.537. The summed E-state index contributed by atoms with van der Waals surface area (Å²) in [6.07, 6.45) is 0.723. The Morgan fingerprint density at radius 1 is 1.59 bits per heavy atom. The van der Waals surface area contributed by atoms with Gasteiger partial charge in [-0.1, -0.05) is 24.0 Å². The van der Waals surface area contributed by atoms with Crippen LogP contribution in [0, 0.1) is 0 Å². The van der Waals surface area contributed by atoms with Crippen LogP contribution in [0.15, 0.2) is 23.4 Å². The molecule has 4 nitrogen and oxygen atoms in total. The Bertz CT molecular complexity index is 538. The van der Waals surface area contributed by atoms with Crippen LogP contribution in [0.1, 0.15) is 6.42 Å². The first-order valence-corrected chi connectivity index (χ1v) is 6.53. The fourth-order valence-corrected chi connectivity index (χ4v) is 2.50. The first-order chi connectivity index (χ1) is 8.19. The van der Waals surface area contributed by atoms with Gasteiger partial charge in [-0.15, -0.1) is 0 Å². The number of fused-ring (bicyclic) bond motifs is 1. The molecule has 6 heteroatoms. The summed E-state index contributed by atoms with van der Waals surface area (Å²) >= 11 is 6.44. The Kier molecular flexibility index (Phi) is 3.86. The molecule has 0 aliphatic carbocycles. The number of methoxy groups -OCH3 is 1. The molecule has 17 heavy (non-hydrogen) atoms. The first kappa shape index (κ1) is 12.2. The smallest absolute Gasteiger partial charge is 0.166 e. The van der Waals surface area contributed by atoms with Crippen molar-refractivity contribution in [2.45, 2.75) is 11.6 Å². The lowest BCUT2D eigenvalue weighted by atomic mass is 10.3. The molecule has 1 heterocycles. The standard InChI is InChI=1S/C11H13N3OS2/c1-15-7-2-3-8-9(6-7)14-11(13-8)17-5-4-10(12)16/h2-3,6H,4-5H2,1H3,(H2,12,16)(H,13,14). The zero-order valence-corrected chi connectivity index (χ0v) is 11.0. The number of imidazole rings is 1. The number of nitrogens with two attached hydrogens (primary N) is 1. The van der Waals surface area contributed by atoms with E-state index in [4.69, 9.17) is 22.7 Å². The third kappa shape index (κ3) is 3.10. The number of nitrogens with zero attached hydrogens (tertiary/aromatic N) is 1. The van der Waals surface area contributed by atoms with Crippen molar-refractivity contribution in [1.82, 2.24) is 9.97 Å². The zero-order chi connectivity index (χ0) is 12.3. The van der Waals surface area contributed by atoms with Crippen LogP contribution >= 0.6 is 24.0 Å². The van der Waals surface area contributed by atoms with Crippen molar-refractivity contribution >= 4 is 40.0 Å². The van der Waals surface area contributed by atoms with Gasteiger partial charge in [0.2, 0.25) is 0 Å². The third-order valence-corrected chi connectivity index (χ3v) is 3.33. The molecule has 0 aliphatic heterocycles. The summed E-state index contributed by atoms with van der Waals surface area (Å²) in [5, 5.41) is 0.879. The van der Waals surface area contributed by atoms with E-state index >= 15 is 0 Å². The van der Waals surface area contributed by atoms with Crippen LogP contribution in [0.2, 0.25) is 0 Å². The number of thioether (sulfide) groups is 1. The normalized spacial score (nSPS) is 10.6. The highest BCUT2D eigenvalue weighted by atomic mass is 32.2. The first-order valence-electron chi connectivity index (χ1n) is 5.14. The van der Waals surface area contributed by atoms with Crippen LogP contribution in [0.3, 0.4) is 0 Å². The number of nitrogens with one attached hydrogen (secondary N) is 1. The molecule has 90 valence electrons. The second kappa shape index (κ2) is 5.37. The SMILES string of the molecule is COc1ccc2nc(SCCC(N)=S)[nH]c2c1. The number of hydrogen-bond acceptors (Lipinski definition) is 4. The van der Waals surface area contributed by atoms with Crippen LogP contribution < -0.4 is 10.5 Å². The summed E-state index contributed by atoms with van der Waals surface area (Å²) in [5.41, 5.74) is 7.35. The van der Waals surface area contributed by atoms with Crippen LogP contribution in [-0.4, -0.2) is 27.8 Å². The summed E-state index contributed by atoms with van der Waals surface area (Å²) in [6, 6.07) is 5.76. The van der Waals surface area contributed by atoms with Crippen molar-refractivity contribution in [3.63, 3.8) is 0 Å². The highest BCUT2D eigenvalue weighted by Gasteiger charge is 2.04. The van der Waals surface area contributed by atoms with E-state index in [9.17, 15) is 0 Å². The molecule has 0 aliphatic rings. The number of H-pyrrole nitrogens is 1. The Hall–Kier alpha value is -1.27. The van der Waals surface area contributed by atoms with Gasteiger partial charge in [-0.05, 0) is 12.1 Å². The second-order valence-electron chi connectivity index (χ2n) is 3.49. The summed E-state index contributed by atoms with van der Waals surface area (Å²) in [4.78, 5) is 8.22. The summed E-state index contributed by atoms with van der Waals surface area (Å²) in [5.74, 6) is 1.66. The van der Waals surface area contributed by atoms with Gasteiger partial charge in [0.05, 0.1) is 23.1 Å². The van der Waals surface area contributed by atoms with Gasteiger partial charge in [0.1, 0.15) is 5.75 Å². The van der Waals surface area contributed by atoms with E-state index in [1.165, 1.54) is 0 Å².